The van der Waals surface area contributed by atoms with Crippen LogP contribution in [0.4, 0.5) is 0 Å². The first-order chi connectivity index (χ1) is 13.0. The number of aromatic carboxylic acids is 1. The zero-order valence-corrected chi connectivity index (χ0v) is 15.3. The number of amides is 1. The van der Waals surface area contributed by atoms with Gasteiger partial charge in [-0.1, -0.05) is 18.2 Å². The second kappa shape index (κ2) is 7.11. The van der Waals surface area contributed by atoms with Crippen molar-refractivity contribution < 1.29 is 24.2 Å². The highest BCUT2D eigenvalue weighted by atomic mass is 32.1. The number of aromatic nitrogens is 1. The molecule has 27 heavy (non-hydrogen) atoms. The summed E-state index contributed by atoms with van der Waals surface area (Å²) in [5, 5.41) is 11.3. The topological polar surface area (TPSA) is 96.8 Å². The molecule has 4 rings (SSSR count). The van der Waals surface area contributed by atoms with Gasteiger partial charge in [0.05, 0.1) is 17.0 Å². The fourth-order valence-corrected chi connectivity index (χ4v) is 4.56. The summed E-state index contributed by atoms with van der Waals surface area (Å²) in [5.74, 6) is -1.45. The van der Waals surface area contributed by atoms with Gasteiger partial charge in [-0.2, -0.15) is 0 Å². The molecule has 2 unspecified atom stereocenters. The lowest BCUT2D eigenvalue weighted by Crippen LogP contribution is -2.39. The average molecular weight is 386 g/mol. The number of ether oxygens (including phenoxy) is 1. The number of piperidine rings is 1. The van der Waals surface area contributed by atoms with E-state index < -0.39 is 12.1 Å². The Morgan fingerprint density at radius 2 is 2.15 bits per heavy atom. The number of rotatable bonds is 4. The van der Waals surface area contributed by atoms with Crippen molar-refractivity contribution in [3.63, 3.8) is 0 Å². The van der Waals surface area contributed by atoms with Crippen LogP contribution in [0.5, 0.6) is 0 Å². The second-order valence-electron chi connectivity index (χ2n) is 6.74. The maximum atomic E-state index is 12.8. The van der Waals surface area contributed by atoms with Crippen LogP contribution < -0.4 is 0 Å². The molecule has 1 saturated heterocycles. The van der Waals surface area contributed by atoms with E-state index in [1.807, 2.05) is 12.1 Å². The van der Waals surface area contributed by atoms with E-state index in [9.17, 15) is 14.4 Å². The molecule has 1 aromatic carbocycles. The molecule has 0 saturated carbocycles. The number of thiazole rings is 1. The predicted molar refractivity (Wildman–Crippen MR) is 96.8 cm³/mol. The molecular formula is C19H18N2O5S. The summed E-state index contributed by atoms with van der Waals surface area (Å²) in [6.07, 6.45) is 1.28. The Morgan fingerprint density at radius 1 is 1.33 bits per heavy atom. The molecule has 0 aliphatic carbocycles. The van der Waals surface area contributed by atoms with Crippen molar-refractivity contribution in [2.45, 2.75) is 31.3 Å². The van der Waals surface area contributed by atoms with Crippen LogP contribution in [0.1, 0.15) is 62.7 Å². The van der Waals surface area contributed by atoms with Crippen molar-refractivity contribution >= 4 is 29.2 Å². The molecule has 1 amide bonds. The van der Waals surface area contributed by atoms with Gasteiger partial charge >= 0.3 is 11.9 Å². The second-order valence-corrected chi connectivity index (χ2v) is 7.63. The van der Waals surface area contributed by atoms with E-state index in [-0.39, 0.29) is 29.9 Å². The third-order valence-corrected chi connectivity index (χ3v) is 6.01. The summed E-state index contributed by atoms with van der Waals surface area (Å²) in [6.45, 7) is 1.16. The Labute approximate surface area is 159 Å². The molecule has 8 heteroatoms. The number of fused-ring (bicyclic) bond motifs is 1. The molecule has 0 spiro atoms. The van der Waals surface area contributed by atoms with Crippen molar-refractivity contribution in [3.05, 3.63) is 51.5 Å². The molecule has 140 valence electrons. The molecular weight excluding hydrogens is 368 g/mol. The first-order valence-corrected chi connectivity index (χ1v) is 9.67. The summed E-state index contributed by atoms with van der Waals surface area (Å²) < 4.78 is 5.37. The Kier molecular flexibility index (Phi) is 4.65. The van der Waals surface area contributed by atoms with Crippen molar-refractivity contribution in [3.8, 4) is 0 Å². The average Bonchev–Trinajstić information content (AvgIpc) is 3.28. The first kappa shape index (κ1) is 17.7. The molecule has 2 aromatic rings. The molecule has 2 atom stereocenters. The number of carboxylic acids is 1. The minimum absolute atomic E-state index is 0.0409. The van der Waals surface area contributed by atoms with E-state index in [1.165, 1.54) is 16.7 Å². The lowest BCUT2D eigenvalue weighted by molar-refractivity contribution is -0.134. The predicted octanol–water partition coefficient (Wildman–Crippen LogP) is 2.85. The molecule has 1 N–H and O–H groups in total. The van der Waals surface area contributed by atoms with Gasteiger partial charge in [-0.3, -0.25) is 4.79 Å². The largest absolute Gasteiger partial charge is 0.476 e. The molecule has 1 aromatic heterocycles. The molecule has 0 bridgehead atoms. The minimum Gasteiger partial charge on any atom is -0.476 e. The van der Waals surface area contributed by atoms with Crippen LogP contribution >= 0.6 is 11.3 Å². The van der Waals surface area contributed by atoms with Crippen LogP contribution in [-0.2, 0) is 9.53 Å². The number of hydrogen-bond acceptors (Lipinski definition) is 6. The van der Waals surface area contributed by atoms with Gasteiger partial charge in [-0.05, 0) is 18.9 Å². The van der Waals surface area contributed by atoms with Crippen LogP contribution in [-0.4, -0.2) is 45.9 Å². The van der Waals surface area contributed by atoms with Crippen LogP contribution in [0.3, 0.4) is 0 Å². The monoisotopic (exact) mass is 386 g/mol. The summed E-state index contributed by atoms with van der Waals surface area (Å²) >= 11 is 1.32. The Hall–Kier alpha value is -2.74. The zero-order chi connectivity index (χ0) is 19.0. The highest BCUT2D eigenvalue weighted by molar-refractivity contribution is 7.09. The van der Waals surface area contributed by atoms with Gasteiger partial charge in [0, 0.05) is 30.0 Å². The fraction of sp³-hybridized carbons (Fsp3) is 0.368. The minimum atomic E-state index is -1.04. The summed E-state index contributed by atoms with van der Waals surface area (Å²) in [7, 11) is 0. The third kappa shape index (κ3) is 3.44. The van der Waals surface area contributed by atoms with Crippen molar-refractivity contribution in [1.82, 2.24) is 9.88 Å². The number of benzene rings is 1. The molecule has 0 radical (unpaired) electrons. The number of carboxylic acid groups (broad SMARTS) is 1. The molecule has 7 nitrogen and oxygen atoms in total. The van der Waals surface area contributed by atoms with Gasteiger partial charge in [0.15, 0.2) is 5.69 Å². The van der Waals surface area contributed by atoms with Crippen LogP contribution in [0.2, 0.25) is 0 Å². The normalized spacial score (nSPS) is 21.6. The number of hydrogen-bond donors (Lipinski definition) is 1. The maximum Gasteiger partial charge on any atom is 0.355 e. The van der Waals surface area contributed by atoms with Gasteiger partial charge in [0.25, 0.3) is 0 Å². The number of esters is 1. The van der Waals surface area contributed by atoms with Gasteiger partial charge in [-0.25, -0.2) is 14.6 Å². The standard InChI is InChI=1S/C19H18N2O5S/c22-16(8-15-12-5-1-2-6-13(12)19(25)26-15)21-7-3-4-11(9-21)17-20-14(10-27-17)18(23)24/h1-2,5-6,10-11,15H,3-4,7-9H2,(H,23,24). The van der Waals surface area contributed by atoms with Crippen molar-refractivity contribution in [2.24, 2.45) is 0 Å². The number of likely N-dealkylation sites (tertiary alicyclic amines) is 1. The Balaban J connectivity index is 1.43. The number of carbonyl (C=O) groups is 3. The summed E-state index contributed by atoms with van der Waals surface area (Å²) in [6, 6.07) is 7.14. The number of cyclic esters (lactones) is 1. The van der Waals surface area contributed by atoms with E-state index in [2.05, 4.69) is 4.98 Å². The molecule has 2 aliphatic rings. The zero-order valence-electron chi connectivity index (χ0n) is 14.5. The highest BCUT2D eigenvalue weighted by Gasteiger charge is 2.34. The van der Waals surface area contributed by atoms with Gasteiger partial charge in [-0.15, -0.1) is 11.3 Å². The van der Waals surface area contributed by atoms with E-state index in [4.69, 9.17) is 9.84 Å². The SMILES string of the molecule is O=C(O)c1csc(C2CCCN(C(=O)CC3OC(=O)c4ccccc43)C2)n1. The quantitative estimate of drug-likeness (QED) is 0.812. The third-order valence-electron chi connectivity index (χ3n) is 5.00. The van der Waals surface area contributed by atoms with Gasteiger partial charge in [0.1, 0.15) is 6.10 Å². The maximum absolute atomic E-state index is 12.8. The van der Waals surface area contributed by atoms with E-state index >= 15 is 0 Å². The number of carbonyl (C=O) groups excluding carboxylic acids is 2. The lowest BCUT2D eigenvalue weighted by atomic mass is 9.97. The summed E-state index contributed by atoms with van der Waals surface area (Å²) in [4.78, 5) is 41.7. The van der Waals surface area contributed by atoms with Crippen molar-refractivity contribution in [2.75, 3.05) is 13.1 Å². The number of nitrogens with zero attached hydrogens (tertiary/aromatic N) is 2. The lowest BCUT2D eigenvalue weighted by Gasteiger charge is -2.32. The van der Waals surface area contributed by atoms with Crippen LogP contribution in [0.15, 0.2) is 29.6 Å². The summed E-state index contributed by atoms with van der Waals surface area (Å²) in [5.41, 5.74) is 1.33. The molecule has 1 fully saturated rings. The van der Waals surface area contributed by atoms with Gasteiger partial charge in [0.2, 0.25) is 5.91 Å². The smallest absolute Gasteiger partial charge is 0.355 e. The van der Waals surface area contributed by atoms with E-state index in [1.54, 1.807) is 17.0 Å². The van der Waals surface area contributed by atoms with E-state index in [0.29, 0.717) is 18.7 Å². The van der Waals surface area contributed by atoms with Crippen LogP contribution in [0.25, 0.3) is 0 Å². The van der Waals surface area contributed by atoms with Gasteiger partial charge < -0.3 is 14.7 Å². The highest BCUT2D eigenvalue weighted by Crippen LogP contribution is 2.35. The Bertz CT molecular complexity index is 909. The molecule has 2 aliphatic heterocycles. The fourth-order valence-electron chi connectivity index (χ4n) is 3.64. The van der Waals surface area contributed by atoms with Crippen LogP contribution in [0, 0.1) is 0 Å². The van der Waals surface area contributed by atoms with E-state index in [0.717, 1.165) is 23.4 Å². The first-order valence-electron chi connectivity index (χ1n) is 8.79. The van der Waals surface area contributed by atoms with Crippen molar-refractivity contribution in [1.29, 1.82) is 0 Å². The molecule has 3 heterocycles. The Morgan fingerprint density at radius 3 is 2.93 bits per heavy atom.